The predicted octanol–water partition coefficient (Wildman–Crippen LogP) is 7.86. The zero-order valence-corrected chi connectivity index (χ0v) is 25.1. The molecule has 0 spiro atoms. The molecule has 0 bridgehead atoms. The smallest absolute Gasteiger partial charge is 0.261 e. The van der Waals surface area contributed by atoms with Crippen LogP contribution in [0.15, 0.2) is 91.0 Å². The molecule has 0 saturated carbocycles. The first-order chi connectivity index (χ1) is 17.7. The van der Waals surface area contributed by atoms with Gasteiger partial charge in [-0.25, -0.2) is 0 Å². The lowest BCUT2D eigenvalue weighted by Crippen LogP contribution is -2.67. The number of benzene rings is 3. The highest BCUT2D eigenvalue weighted by Crippen LogP contribution is 2.37. The van der Waals surface area contributed by atoms with Gasteiger partial charge in [-0.3, -0.25) is 0 Å². The van der Waals surface area contributed by atoms with E-state index < -0.39 is 8.32 Å². The maximum absolute atomic E-state index is 7.30. The second kappa shape index (κ2) is 13.5. The molecule has 3 rings (SSSR count). The first-order valence-electron chi connectivity index (χ1n) is 14.1. The normalized spacial score (nSPS) is 15.6. The Morgan fingerprint density at radius 1 is 0.703 bits per heavy atom. The minimum absolute atomic E-state index is 0.0296. The molecule has 200 valence electrons. The van der Waals surface area contributed by atoms with E-state index in [1.807, 2.05) is 0 Å². The average Bonchev–Trinajstić information content (AvgIpc) is 2.90. The van der Waals surface area contributed by atoms with Crippen LogP contribution in [0.5, 0.6) is 0 Å². The Morgan fingerprint density at radius 2 is 1.19 bits per heavy atom. The SMILES string of the molecule is CC[C@@H](C)C[C@@H](C)[C@H](OCc1ccccc1)[C@H](C)CO[Si](c1ccccc1)(c1ccccc1)C(C)(C)C. The Morgan fingerprint density at radius 3 is 1.65 bits per heavy atom. The number of hydrogen-bond donors (Lipinski definition) is 0. The van der Waals surface area contributed by atoms with E-state index in [0.29, 0.717) is 25.0 Å². The van der Waals surface area contributed by atoms with Crippen molar-refractivity contribution >= 4 is 18.7 Å². The van der Waals surface area contributed by atoms with E-state index in [0.717, 1.165) is 0 Å². The molecule has 0 heterocycles. The quantitative estimate of drug-likeness (QED) is 0.215. The molecule has 4 atom stereocenters. The molecule has 0 fully saturated rings. The second-order valence-corrected chi connectivity index (χ2v) is 16.2. The molecule has 0 saturated heterocycles. The van der Waals surface area contributed by atoms with Crippen LogP contribution < -0.4 is 10.4 Å². The molecule has 0 aromatic heterocycles. The van der Waals surface area contributed by atoms with Gasteiger partial charge in [0.15, 0.2) is 0 Å². The van der Waals surface area contributed by atoms with Crippen LogP contribution in [-0.4, -0.2) is 21.0 Å². The molecular formula is C34H48O2Si. The third-order valence-corrected chi connectivity index (χ3v) is 12.9. The average molecular weight is 517 g/mol. The highest BCUT2D eigenvalue weighted by Gasteiger charge is 2.50. The van der Waals surface area contributed by atoms with Gasteiger partial charge in [0.1, 0.15) is 0 Å². The molecule has 3 aromatic rings. The number of hydrogen-bond acceptors (Lipinski definition) is 2. The number of ether oxygens (including phenoxy) is 1. The summed E-state index contributed by atoms with van der Waals surface area (Å²) >= 11 is 0. The minimum atomic E-state index is -2.57. The van der Waals surface area contributed by atoms with Gasteiger partial charge in [-0.15, -0.1) is 0 Å². The van der Waals surface area contributed by atoms with Gasteiger partial charge >= 0.3 is 0 Å². The Bertz CT molecular complexity index is 990. The minimum Gasteiger partial charge on any atom is -0.407 e. The molecule has 0 aliphatic carbocycles. The van der Waals surface area contributed by atoms with Crippen molar-refractivity contribution in [1.82, 2.24) is 0 Å². The molecule has 0 aliphatic heterocycles. The summed E-state index contributed by atoms with van der Waals surface area (Å²) in [6.45, 7) is 17.7. The van der Waals surface area contributed by atoms with E-state index in [-0.39, 0.29) is 17.1 Å². The lowest BCUT2D eigenvalue weighted by atomic mass is 9.86. The predicted molar refractivity (Wildman–Crippen MR) is 161 cm³/mol. The van der Waals surface area contributed by atoms with E-state index >= 15 is 0 Å². The monoisotopic (exact) mass is 516 g/mol. The molecule has 2 nitrogen and oxygen atoms in total. The van der Waals surface area contributed by atoms with Crippen molar-refractivity contribution in [2.45, 2.75) is 79.1 Å². The van der Waals surface area contributed by atoms with Crippen molar-refractivity contribution in [1.29, 1.82) is 0 Å². The van der Waals surface area contributed by atoms with Gasteiger partial charge in [0.05, 0.1) is 12.7 Å². The third kappa shape index (κ3) is 7.43. The van der Waals surface area contributed by atoms with Gasteiger partial charge < -0.3 is 9.16 Å². The molecule has 0 radical (unpaired) electrons. The largest absolute Gasteiger partial charge is 0.407 e. The van der Waals surface area contributed by atoms with Crippen molar-refractivity contribution in [2.24, 2.45) is 17.8 Å². The highest BCUT2D eigenvalue weighted by atomic mass is 28.4. The molecule has 3 heteroatoms. The lowest BCUT2D eigenvalue weighted by molar-refractivity contribution is -0.0447. The summed E-state index contributed by atoms with van der Waals surface area (Å²) in [6, 6.07) is 32.4. The van der Waals surface area contributed by atoms with Crippen LogP contribution in [0.25, 0.3) is 0 Å². The Labute approximate surface area is 227 Å². The lowest BCUT2D eigenvalue weighted by Gasteiger charge is -2.44. The van der Waals surface area contributed by atoms with E-state index in [2.05, 4.69) is 139 Å². The topological polar surface area (TPSA) is 18.5 Å². The summed E-state index contributed by atoms with van der Waals surface area (Å²) in [5, 5.41) is 2.63. The second-order valence-electron chi connectivity index (χ2n) is 11.9. The highest BCUT2D eigenvalue weighted by molar-refractivity contribution is 6.99. The zero-order valence-electron chi connectivity index (χ0n) is 24.1. The fourth-order valence-electron chi connectivity index (χ4n) is 5.70. The van der Waals surface area contributed by atoms with Gasteiger partial charge in [0.2, 0.25) is 0 Å². The summed E-state index contributed by atoms with van der Waals surface area (Å²) in [5.74, 6) is 1.41. The Balaban J connectivity index is 1.91. The summed E-state index contributed by atoms with van der Waals surface area (Å²) in [7, 11) is -2.57. The van der Waals surface area contributed by atoms with Crippen LogP contribution in [0.1, 0.15) is 66.9 Å². The van der Waals surface area contributed by atoms with Crippen LogP contribution >= 0.6 is 0 Å². The first-order valence-corrected chi connectivity index (χ1v) is 16.0. The maximum atomic E-state index is 7.30. The van der Waals surface area contributed by atoms with E-state index in [1.165, 1.54) is 28.8 Å². The van der Waals surface area contributed by atoms with Gasteiger partial charge in [0.25, 0.3) is 8.32 Å². The Hall–Kier alpha value is -2.20. The fraction of sp³-hybridized carbons (Fsp3) is 0.471. The standard InChI is InChI=1S/C34H48O2Si/c1-8-27(2)24-28(3)33(35-26-30-18-12-9-13-19-30)29(4)25-36-37(34(5,6)7,31-20-14-10-15-21-31)32-22-16-11-17-23-32/h9-23,27-29,33H,8,24-26H2,1-7H3/t27-,28-,29-,33+/m1/s1. The number of rotatable bonds is 13. The van der Waals surface area contributed by atoms with E-state index in [9.17, 15) is 0 Å². The fourth-order valence-corrected chi connectivity index (χ4v) is 10.4. The van der Waals surface area contributed by atoms with Crippen molar-refractivity contribution in [2.75, 3.05) is 6.61 Å². The van der Waals surface area contributed by atoms with E-state index in [4.69, 9.17) is 9.16 Å². The van der Waals surface area contributed by atoms with Crippen molar-refractivity contribution in [3.63, 3.8) is 0 Å². The molecule has 0 unspecified atom stereocenters. The molecule has 0 N–H and O–H groups in total. The molecule has 3 aromatic carbocycles. The van der Waals surface area contributed by atoms with Crippen LogP contribution in [-0.2, 0) is 15.8 Å². The van der Waals surface area contributed by atoms with Crippen molar-refractivity contribution in [3.8, 4) is 0 Å². The van der Waals surface area contributed by atoms with Crippen molar-refractivity contribution in [3.05, 3.63) is 96.6 Å². The van der Waals surface area contributed by atoms with Gasteiger partial charge in [-0.1, -0.05) is 146 Å². The molecule has 37 heavy (non-hydrogen) atoms. The molecule has 0 aliphatic rings. The van der Waals surface area contributed by atoms with Crippen LogP contribution in [0.3, 0.4) is 0 Å². The Kier molecular flexibility index (Phi) is 10.7. The molecule has 0 amide bonds. The van der Waals surface area contributed by atoms with Crippen molar-refractivity contribution < 1.29 is 9.16 Å². The first kappa shape index (κ1) is 29.4. The maximum Gasteiger partial charge on any atom is 0.261 e. The summed E-state index contributed by atoms with van der Waals surface area (Å²) in [4.78, 5) is 0. The zero-order chi connectivity index (χ0) is 26.9. The summed E-state index contributed by atoms with van der Waals surface area (Å²) in [6.07, 6.45) is 2.50. The van der Waals surface area contributed by atoms with Gasteiger partial charge in [-0.2, -0.15) is 0 Å². The van der Waals surface area contributed by atoms with Gasteiger partial charge in [0, 0.05) is 12.5 Å². The van der Waals surface area contributed by atoms with E-state index in [1.54, 1.807) is 0 Å². The summed E-state index contributed by atoms with van der Waals surface area (Å²) in [5.41, 5.74) is 1.23. The summed E-state index contributed by atoms with van der Waals surface area (Å²) < 4.78 is 14.0. The van der Waals surface area contributed by atoms with Crippen LogP contribution in [0.2, 0.25) is 5.04 Å². The van der Waals surface area contributed by atoms with Crippen LogP contribution in [0, 0.1) is 17.8 Å². The van der Waals surface area contributed by atoms with Crippen LogP contribution in [0.4, 0.5) is 0 Å². The van der Waals surface area contributed by atoms with Gasteiger partial charge in [-0.05, 0) is 39.2 Å². The third-order valence-electron chi connectivity index (χ3n) is 7.86. The molecular weight excluding hydrogens is 468 g/mol.